The highest BCUT2D eigenvalue weighted by Crippen LogP contribution is 2.25. The second-order valence-corrected chi connectivity index (χ2v) is 5.37. The minimum absolute atomic E-state index is 0.510. The fraction of sp³-hybridized carbons (Fsp3) is 0.231. The van der Waals surface area contributed by atoms with Crippen molar-refractivity contribution in [3.8, 4) is 0 Å². The van der Waals surface area contributed by atoms with Crippen molar-refractivity contribution in [2.45, 2.75) is 12.5 Å². The largest absolute Gasteiger partial charge is 0.386 e. The molecule has 0 aliphatic carbocycles. The van der Waals surface area contributed by atoms with E-state index < -0.39 is 6.10 Å². The number of aliphatic hydroxyl groups is 1. The number of benzene rings is 1. The number of hydrogen-bond acceptors (Lipinski definition) is 4. The lowest BCUT2D eigenvalue weighted by Gasteiger charge is -2.04. The van der Waals surface area contributed by atoms with Crippen LogP contribution in [0.5, 0.6) is 0 Å². The summed E-state index contributed by atoms with van der Waals surface area (Å²) in [7, 11) is 1.89. The number of imidazole rings is 1. The Morgan fingerprint density at radius 1 is 1.39 bits per heavy atom. The molecule has 2 heterocycles. The Bertz CT molecular complexity index is 640. The molecule has 1 N–H and O–H groups in total. The molecule has 1 unspecified atom stereocenters. The van der Waals surface area contributed by atoms with Crippen molar-refractivity contribution in [1.29, 1.82) is 0 Å². The molecule has 5 heteroatoms. The molecule has 3 aromatic rings. The summed E-state index contributed by atoms with van der Waals surface area (Å²) in [5.74, 6) is 0. The quantitative estimate of drug-likeness (QED) is 0.785. The zero-order valence-corrected chi connectivity index (χ0v) is 10.8. The first-order chi connectivity index (χ1) is 8.72. The Morgan fingerprint density at radius 2 is 2.22 bits per heavy atom. The van der Waals surface area contributed by atoms with E-state index in [2.05, 4.69) is 9.97 Å². The third-order valence-corrected chi connectivity index (χ3v) is 3.83. The lowest BCUT2D eigenvalue weighted by Crippen LogP contribution is -2.01. The molecule has 0 radical (unpaired) electrons. The van der Waals surface area contributed by atoms with Gasteiger partial charge in [-0.25, -0.2) is 9.97 Å². The van der Waals surface area contributed by atoms with Crippen LogP contribution in [-0.2, 0) is 13.5 Å². The first-order valence-electron chi connectivity index (χ1n) is 5.73. The van der Waals surface area contributed by atoms with Crippen molar-refractivity contribution in [3.05, 3.63) is 47.5 Å². The molecule has 0 fully saturated rings. The number of aromatic nitrogens is 3. The van der Waals surface area contributed by atoms with Crippen LogP contribution in [0.25, 0.3) is 10.2 Å². The lowest BCUT2D eigenvalue weighted by atomic mass is 10.2. The first-order valence-corrected chi connectivity index (χ1v) is 6.54. The molecule has 1 aromatic carbocycles. The van der Waals surface area contributed by atoms with Gasteiger partial charge in [0, 0.05) is 19.7 Å². The van der Waals surface area contributed by atoms with Gasteiger partial charge in [-0.2, -0.15) is 0 Å². The van der Waals surface area contributed by atoms with E-state index in [1.165, 1.54) is 0 Å². The van der Waals surface area contributed by atoms with E-state index in [0.717, 1.165) is 15.2 Å². The summed E-state index contributed by atoms with van der Waals surface area (Å²) in [4.78, 5) is 8.66. The number of hydrogen-bond donors (Lipinski definition) is 1. The molecule has 0 bridgehead atoms. The molecule has 0 saturated heterocycles. The topological polar surface area (TPSA) is 50.9 Å². The summed E-state index contributed by atoms with van der Waals surface area (Å²) < 4.78 is 2.98. The SMILES string of the molecule is Cn1cnc(C(O)Cc2nc3ccccc3s2)c1. The zero-order chi connectivity index (χ0) is 12.5. The highest BCUT2D eigenvalue weighted by atomic mass is 32.1. The Morgan fingerprint density at radius 3 is 2.94 bits per heavy atom. The van der Waals surface area contributed by atoms with Gasteiger partial charge in [-0.3, -0.25) is 0 Å². The molecule has 4 nitrogen and oxygen atoms in total. The fourth-order valence-corrected chi connectivity index (χ4v) is 2.89. The molecule has 0 aliphatic rings. The van der Waals surface area contributed by atoms with Gasteiger partial charge in [0.1, 0.15) is 6.10 Å². The molecule has 1 atom stereocenters. The number of aliphatic hydroxyl groups excluding tert-OH is 1. The third kappa shape index (κ3) is 2.14. The molecule has 0 spiro atoms. The molecule has 2 aromatic heterocycles. The average Bonchev–Trinajstić information content (AvgIpc) is 2.94. The maximum atomic E-state index is 10.1. The van der Waals surface area contributed by atoms with Gasteiger partial charge < -0.3 is 9.67 Å². The lowest BCUT2D eigenvalue weighted by molar-refractivity contribution is 0.174. The van der Waals surface area contributed by atoms with Crippen molar-refractivity contribution in [1.82, 2.24) is 14.5 Å². The van der Waals surface area contributed by atoms with Crippen molar-refractivity contribution >= 4 is 21.6 Å². The Hall–Kier alpha value is -1.72. The number of thiazole rings is 1. The van der Waals surface area contributed by atoms with E-state index in [4.69, 9.17) is 0 Å². The van der Waals surface area contributed by atoms with Crippen LogP contribution in [0.2, 0.25) is 0 Å². The fourth-order valence-electron chi connectivity index (χ4n) is 1.88. The molecule has 92 valence electrons. The third-order valence-electron chi connectivity index (χ3n) is 2.77. The second kappa shape index (κ2) is 4.51. The second-order valence-electron chi connectivity index (χ2n) is 4.26. The Balaban J connectivity index is 1.83. The summed E-state index contributed by atoms with van der Waals surface area (Å²) in [5, 5.41) is 11.0. The number of para-hydroxylation sites is 1. The molecular weight excluding hydrogens is 246 g/mol. The van der Waals surface area contributed by atoms with E-state index in [9.17, 15) is 5.11 Å². The van der Waals surface area contributed by atoms with Gasteiger partial charge in [0.2, 0.25) is 0 Å². The van der Waals surface area contributed by atoms with E-state index in [1.807, 2.05) is 42.1 Å². The number of aryl methyl sites for hydroxylation is 1. The smallest absolute Gasteiger partial charge is 0.104 e. The van der Waals surface area contributed by atoms with Gasteiger partial charge in [0.15, 0.2) is 0 Å². The van der Waals surface area contributed by atoms with Gasteiger partial charge in [-0.15, -0.1) is 11.3 Å². The van der Waals surface area contributed by atoms with Gasteiger partial charge in [-0.05, 0) is 12.1 Å². The maximum Gasteiger partial charge on any atom is 0.104 e. The molecule has 18 heavy (non-hydrogen) atoms. The highest BCUT2D eigenvalue weighted by Gasteiger charge is 2.14. The van der Waals surface area contributed by atoms with Crippen LogP contribution < -0.4 is 0 Å². The monoisotopic (exact) mass is 259 g/mol. The van der Waals surface area contributed by atoms with Gasteiger partial charge in [0.25, 0.3) is 0 Å². The van der Waals surface area contributed by atoms with E-state index in [-0.39, 0.29) is 0 Å². The van der Waals surface area contributed by atoms with E-state index in [0.29, 0.717) is 12.1 Å². The normalized spacial score (nSPS) is 13.0. The minimum Gasteiger partial charge on any atom is -0.386 e. The van der Waals surface area contributed by atoms with Crippen LogP contribution in [0.3, 0.4) is 0 Å². The number of rotatable bonds is 3. The van der Waals surface area contributed by atoms with Crippen molar-refractivity contribution in [2.24, 2.45) is 7.05 Å². The summed E-state index contributed by atoms with van der Waals surface area (Å²) >= 11 is 1.62. The number of nitrogens with zero attached hydrogens (tertiary/aromatic N) is 3. The van der Waals surface area contributed by atoms with Crippen LogP contribution >= 0.6 is 11.3 Å². The Labute approximate surface area is 109 Å². The summed E-state index contributed by atoms with van der Waals surface area (Å²) in [6.45, 7) is 0. The summed E-state index contributed by atoms with van der Waals surface area (Å²) in [5.41, 5.74) is 1.68. The van der Waals surface area contributed by atoms with Crippen LogP contribution in [0.1, 0.15) is 16.8 Å². The standard InChI is InChI=1S/C13H13N3OS/c1-16-7-10(14-8-16)11(17)6-13-15-9-4-2-3-5-12(9)18-13/h2-5,7-8,11,17H,6H2,1H3. The molecular formula is C13H13N3OS. The maximum absolute atomic E-state index is 10.1. The van der Waals surface area contributed by atoms with Crippen molar-refractivity contribution in [2.75, 3.05) is 0 Å². The first kappa shape index (κ1) is 11.4. The van der Waals surface area contributed by atoms with E-state index >= 15 is 0 Å². The van der Waals surface area contributed by atoms with Crippen molar-refractivity contribution < 1.29 is 5.11 Å². The van der Waals surface area contributed by atoms with Crippen LogP contribution in [0, 0.1) is 0 Å². The zero-order valence-electron chi connectivity index (χ0n) is 9.95. The average molecular weight is 259 g/mol. The molecule has 0 saturated carbocycles. The summed E-state index contributed by atoms with van der Waals surface area (Å²) in [6.07, 6.45) is 3.44. The van der Waals surface area contributed by atoms with Gasteiger partial charge in [-0.1, -0.05) is 12.1 Å². The highest BCUT2D eigenvalue weighted by molar-refractivity contribution is 7.18. The van der Waals surface area contributed by atoms with Gasteiger partial charge >= 0.3 is 0 Å². The van der Waals surface area contributed by atoms with Crippen LogP contribution in [-0.4, -0.2) is 19.6 Å². The van der Waals surface area contributed by atoms with Crippen LogP contribution in [0.4, 0.5) is 0 Å². The molecule has 3 rings (SSSR count). The molecule has 0 aliphatic heterocycles. The number of fused-ring (bicyclic) bond motifs is 1. The predicted molar refractivity (Wildman–Crippen MR) is 71.5 cm³/mol. The van der Waals surface area contributed by atoms with Crippen molar-refractivity contribution in [3.63, 3.8) is 0 Å². The predicted octanol–water partition coefficient (Wildman–Crippen LogP) is 2.31. The summed E-state index contributed by atoms with van der Waals surface area (Å²) in [6, 6.07) is 8.01. The molecule has 0 amide bonds. The van der Waals surface area contributed by atoms with Gasteiger partial charge in [0.05, 0.1) is 27.2 Å². The van der Waals surface area contributed by atoms with E-state index in [1.54, 1.807) is 17.7 Å². The van der Waals surface area contributed by atoms with Crippen LogP contribution in [0.15, 0.2) is 36.8 Å². The Kier molecular flexibility index (Phi) is 2.85. The minimum atomic E-state index is -0.591.